The number of fused-ring (bicyclic) bond motifs is 3. The van der Waals surface area contributed by atoms with Gasteiger partial charge in [0.2, 0.25) is 0 Å². The lowest BCUT2D eigenvalue weighted by atomic mass is 9.70. The predicted molar refractivity (Wildman–Crippen MR) is 282 cm³/mol. The van der Waals surface area contributed by atoms with Crippen LogP contribution in [0.4, 0.5) is 0 Å². The normalized spacial score (nSPS) is 12.8. The summed E-state index contributed by atoms with van der Waals surface area (Å²) in [6.45, 7) is 13.9. The first kappa shape index (κ1) is 52.6. The molecule has 5 rings (SSSR count). The lowest BCUT2D eigenvalue weighted by molar-refractivity contribution is 0.398. The molecule has 1 aliphatic carbocycles. The highest BCUT2D eigenvalue weighted by Crippen LogP contribution is 2.56. The number of aryl methyl sites for hydroxylation is 4. The Hall–Kier alpha value is -3.40. The third kappa shape index (κ3) is 15.8. The van der Waals surface area contributed by atoms with E-state index >= 15 is 0 Å². The van der Waals surface area contributed by atoms with Gasteiger partial charge in [-0.05, 0) is 98.6 Å². The van der Waals surface area contributed by atoms with E-state index in [4.69, 9.17) is 19.9 Å². The molecule has 65 heavy (non-hydrogen) atoms. The Labute approximate surface area is 399 Å². The Balaban J connectivity index is 1.64. The van der Waals surface area contributed by atoms with Crippen LogP contribution < -0.4 is 0 Å². The molecule has 358 valence electrons. The molecule has 2 heterocycles. The number of nitrogens with zero attached hydrogens (tertiary/aromatic N) is 4. The number of hydrogen-bond donors (Lipinski definition) is 0. The van der Waals surface area contributed by atoms with Crippen LogP contribution in [0.5, 0.6) is 0 Å². The van der Waals surface area contributed by atoms with Crippen LogP contribution in [0.1, 0.15) is 268 Å². The number of unbranched alkanes of at least 4 members (excludes halogenated alkanes) is 22. The van der Waals surface area contributed by atoms with Crippen molar-refractivity contribution in [2.24, 2.45) is 0 Å². The van der Waals surface area contributed by atoms with Crippen molar-refractivity contribution in [2.45, 2.75) is 265 Å². The summed E-state index contributed by atoms with van der Waals surface area (Å²) in [6, 6.07) is 15.0. The van der Waals surface area contributed by atoms with Gasteiger partial charge in [0.1, 0.15) is 0 Å². The molecule has 0 saturated carbocycles. The van der Waals surface area contributed by atoms with E-state index in [-0.39, 0.29) is 5.41 Å². The van der Waals surface area contributed by atoms with Crippen molar-refractivity contribution in [1.29, 1.82) is 0 Å². The first-order chi connectivity index (χ1) is 32.0. The maximum atomic E-state index is 5.53. The second-order valence-electron chi connectivity index (χ2n) is 20.2. The van der Waals surface area contributed by atoms with Crippen LogP contribution in [0.15, 0.2) is 48.8 Å². The molecule has 0 amide bonds. The minimum Gasteiger partial charge on any atom is -0.257 e. The van der Waals surface area contributed by atoms with E-state index < -0.39 is 0 Å². The summed E-state index contributed by atoms with van der Waals surface area (Å²) < 4.78 is 0. The van der Waals surface area contributed by atoms with Crippen molar-refractivity contribution in [3.63, 3.8) is 0 Å². The maximum absolute atomic E-state index is 5.53. The van der Waals surface area contributed by atoms with Crippen LogP contribution in [0.2, 0.25) is 0 Å². The van der Waals surface area contributed by atoms with Crippen molar-refractivity contribution in [2.75, 3.05) is 0 Å². The fraction of sp³-hybridized carbons (Fsp3) is 0.672. The van der Waals surface area contributed by atoms with E-state index in [1.807, 2.05) is 0 Å². The summed E-state index contributed by atoms with van der Waals surface area (Å²) >= 11 is 0. The van der Waals surface area contributed by atoms with Crippen LogP contribution in [0.25, 0.3) is 33.6 Å². The zero-order chi connectivity index (χ0) is 46.0. The molecule has 0 N–H and O–H groups in total. The minimum atomic E-state index is -0.0504. The van der Waals surface area contributed by atoms with Crippen molar-refractivity contribution in [1.82, 2.24) is 19.9 Å². The highest BCUT2D eigenvalue weighted by molar-refractivity contribution is 5.86. The summed E-state index contributed by atoms with van der Waals surface area (Å²) in [6.07, 6.45) is 46.4. The molecule has 0 spiro atoms. The van der Waals surface area contributed by atoms with Crippen molar-refractivity contribution in [3.05, 3.63) is 82.7 Å². The molecule has 2 aromatic carbocycles. The van der Waals surface area contributed by atoms with Crippen molar-refractivity contribution < 1.29 is 0 Å². The standard InChI is InChI=1S/C61H94N4/c1-7-13-19-25-27-33-43-61(44-34-28-26-20-14-8-2)55-45-49(59-57(37-31-23-17-11-5)62-47-51(64-59)35-29-21-15-9-3)39-41-53(55)54-42-40-50(46-56(54)61)60-58(38-32-24-18-12-6)63-48-52(65-60)36-30-22-16-10-4/h39-42,45-48H,7-38,43-44H2,1-6H3. The van der Waals surface area contributed by atoms with Crippen molar-refractivity contribution in [3.8, 4) is 33.6 Å². The van der Waals surface area contributed by atoms with Gasteiger partial charge >= 0.3 is 0 Å². The smallest absolute Gasteiger partial charge is 0.0920 e. The largest absolute Gasteiger partial charge is 0.257 e. The molecule has 4 nitrogen and oxygen atoms in total. The van der Waals surface area contributed by atoms with Crippen LogP contribution >= 0.6 is 0 Å². The van der Waals surface area contributed by atoms with Gasteiger partial charge in [-0.15, -0.1) is 0 Å². The fourth-order valence-electron chi connectivity index (χ4n) is 10.7. The van der Waals surface area contributed by atoms with E-state index in [0.29, 0.717) is 0 Å². The molecule has 0 unspecified atom stereocenters. The molecule has 4 aromatic rings. The Morgan fingerprint density at radius 3 is 1.05 bits per heavy atom. The Kier molecular flexibility index (Phi) is 24.3. The molecule has 0 fully saturated rings. The van der Waals surface area contributed by atoms with E-state index in [0.717, 1.165) is 48.5 Å². The molecule has 2 aromatic heterocycles. The SMILES string of the molecule is CCCCCCCCC1(CCCCCCCC)c2cc(-c3nc(CCCCCC)cnc3CCCCCC)ccc2-c2ccc(-c3nc(CCCCCC)cnc3CCCCCC)cc21. The number of rotatable bonds is 36. The summed E-state index contributed by atoms with van der Waals surface area (Å²) in [4.78, 5) is 21.5. The first-order valence-corrected chi connectivity index (χ1v) is 28.0. The first-order valence-electron chi connectivity index (χ1n) is 28.0. The van der Waals surface area contributed by atoms with Crippen LogP contribution in [0.3, 0.4) is 0 Å². The number of benzene rings is 2. The van der Waals surface area contributed by atoms with E-state index in [1.165, 1.54) is 226 Å². The molecule has 0 aliphatic heterocycles. The summed E-state index contributed by atoms with van der Waals surface area (Å²) in [5.41, 5.74) is 15.4. The van der Waals surface area contributed by atoms with Crippen LogP contribution in [-0.4, -0.2) is 19.9 Å². The maximum Gasteiger partial charge on any atom is 0.0920 e. The average Bonchev–Trinajstić information content (AvgIpc) is 3.60. The van der Waals surface area contributed by atoms with Crippen LogP contribution in [-0.2, 0) is 31.1 Å². The zero-order valence-electron chi connectivity index (χ0n) is 42.9. The molecule has 1 aliphatic rings. The van der Waals surface area contributed by atoms with E-state index in [1.54, 1.807) is 11.1 Å². The fourth-order valence-corrected chi connectivity index (χ4v) is 10.7. The van der Waals surface area contributed by atoms with E-state index in [9.17, 15) is 0 Å². The summed E-state index contributed by atoms with van der Waals surface area (Å²) in [5, 5.41) is 0. The summed E-state index contributed by atoms with van der Waals surface area (Å²) in [5.74, 6) is 0. The third-order valence-electron chi connectivity index (χ3n) is 14.7. The van der Waals surface area contributed by atoms with Crippen LogP contribution in [0, 0.1) is 0 Å². The molecule has 4 heteroatoms. The van der Waals surface area contributed by atoms with Gasteiger partial charge in [0.15, 0.2) is 0 Å². The second-order valence-corrected chi connectivity index (χ2v) is 20.2. The van der Waals surface area contributed by atoms with Crippen molar-refractivity contribution >= 4 is 0 Å². The Morgan fingerprint density at radius 2 is 0.677 bits per heavy atom. The number of aromatic nitrogens is 4. The zero-order valence-corrected chi connectivity index (χ0v) is 42.9. The molecular formula is C61H94N4. The quantitative estimate of drug-likeness (QED) is 0.0427. The van der Waals surface area contributed by atoms with Gasteiger partial charge in [-0.1, -0.05) is 220 Å². The molecular weight excluding hydrogens is 789 g/mol. The predicted octanol–water partition coefficient (Wildman–Crippen LogP) is 18.9. The number of hydrogen-bond acceptors (Lipinski definition) is 4. The summed E-state index contributed by atoms with van der Waals surface area (Å²) in [7, 11) is 0. The lowest BCUT2D eigenvalue weighted by Gasteiger charge is -2.33. The van der Waals surface area contributed by atoms with E-state index in [2.05, 4.69) is 90.3 Å². The van der Waals surface area contributed by atoms with Gasteiger partial charge in [0.05, 0.1) is 34.2 Å². The van der Waals surface area contributed by atoms with Gasteiger partial charge in [-0.25, -0.2) is 9.97 Å². The van der Waals surface area contributed by atoms with Gasteiger partial charge < -0.3 is 0 Å². The Morgan fingerprint density at radius 1 is 0.354 bits per heavy atom. The molecule has 0 radical (unpaired) electrons. The van der Waals surface area contributed by atoms with Gasteiger partial charge in [-0.2, -0.15) is 0 Å². The Bertz CT molecular complexity index is 1790. The molecule has 0 saturated heterocycles. The third-order valence-corrected chi connectivity index (χ3v) is 14.7. The topological polar surface area (TPSA) is 51.6 Å². The lowest BCUT2D eigenvalue weighted by Crippen LogP contribution is -2.26. The monoisotopic (exact) mass is 883 g/mol. The highest BCUT2D eigenvalue weighted by Gasteiger charge is 2.43. The second kappa shape index (κ2) is 30.1. The average molecular weight is 883 g/mol. The molecule has 0 bridgehead atoms. The minimum absolute atomic E-state index is 0.0504. The highest BCUT2D eigenvalue weighted by atomic mass is 14.8. The van der Waals surface area contributed by atoms with Gasteiger partial charge in [0.25, 0.3) is 0 Å². The van der Waals surface area contributed by atoms with Gasteiger partial charge in [-0.3, -0.25) is 9.97 Å². The van der Waals surface area contributed by atoms with Gasteiger partial charge in [0, 0.05) is 28.9 Å². The molecule has 0 atom stereocenters.